The van der Waals surface area contributed by atoms with Gasteiger partial charge in [-0.3, -0.25) is 4.79 Å². The number of hydrogen-bond acceptors (Lipinski definition) is 3. The van der Waals surface area contributed by atoms with E-state index in [1.807, 2.05) is 6.92 Å². The highest BCUT2D eigenvalue weighted by Gasteiger charge is 2.37. The third-order valence-electron chi connectivity index (χ3n) is 3.31. The van der Waals surface area contributed by atoms with Gasteiger partial charge < -0.3 is 9.47 Å². The quantitative estimate of drug-likeness (QED) is 0.298. The molecule has 3 nitrogen and oxygen atoms in total. The standard InChI is InChI=1S/C14H25IO3/c1-4-17-14(16)11-8-12(15)13(9-11)18-7-5-6-10(2)3/h10-13H,4-9H2,1-3H3. The van der Waals surface area contributed by atoms with Crippen LogP contribution >= 0.6 is 22.6 Å². The highest BCUT2D eigenvalue weighted by Crippen LogP contribution is 2.34. The average Bonchev–Trinajstić information content (AvgIpc) is 2.67. The molecule has 0 spiro atoms. The fourth-order valence-corrected chi connectivity index (χ4v) is 3.41. The zero-order valence-corrected chi connectivity index (χ0v) is 13.8. The van der Waals surface area contributed by atoms with Crippen LogP contribution in [0.15, 0.2) is 0 Å². The van der Waals surface area contributed by atoms with Crippen LogP contribution in [-0.4, -0.2) is 29.2 Å². The zero-order chi connectivity index (χ0) is 13.5. The molecule has 106 valence electrons. The molecule has 1 saturated carbocycles. The van der Waals surface area contributed by atoms with Crippen molar-refractivity contribution in [3.05, 3.63) is 0 Å². The molecule has 3 atom stereocenters. The minimum absolute atomic E-state index is 0.0435. The van der Waals surface area contributed by atoms with Crippen molar-refractivity contribution in [2.24, 2.45) is 11.8 Å². The SMILES string of the molecule is CCOC(=O)C1CC(I)C(OCCCC(C)C)C1. The Labute approximate surface area is 124 Å². The fourth-order valence-electron chi connectivity index (χ4n) is 2.30. The molecule has 0 N–H and O–H groups in total. The molecule has 0 heterocycles. The molecule has 0 aromatic heterocycles. The van der Waals surface area contributed by atoms with Crippen LogP contribution in [-0.2, 0) is 14.3 Å². The van der Waals surface area contributed by atoms with Crippen LogP contribution < -0.4 is 0 Å². The lowest BCUT2D eigenvalue weighted by atomic mass is 10.1. The van der Waals surface area contributed by atoms with E-state index in [1.165, 1.54) is 6.42 Å². The van der Waals surface area contributed by atoms with Crippen molar-refractivity contribution in [2.45, 2.75) is 56.5 Å². The molecule has 0 aromatic rings. The minimum atomic E-state index is -0.0487. The van der Waals surface area contributed by atoms with E-state index in [4.69, 9.17) is 9.47 Å². The monoisotopic (exact) mass is 368 g/mol. The number of carbonyl (C=O) groups is 1. The van der Waals surface area contributed by atoms with Crippen LogP contribution in [0.2, 0.25) is 0 Å². The number of rotatable bonds is 7. The van der Waals surface area contributed by atoms with Crippen molar-refractivity contribution in [2.75, 3.05) is 13.2 Å². The lowest BCUT2D eigenvalue weighted by molar-refractivity contribution is -0.148. The summed E-state index contributed by atoms with van der Waals surface area (Å²) in [5.74, 6) is 0.731. The van der Waals surface area contributed by atoms with Gasteiger partial charge in [0, 0.05) is 10.5 Å². The molecular formula is C14H25IO3. The van der Waals surface area contributed by atoms with Gasteiger partial charge in [-0.25, -0.2) is 0 Å². The van der Waals surface area contributed by atoms with Gasteiger partial charge in [-0.05, 0) is 38.5 Å². The van der Waals surface area contributed by atoms with Crippen LogP contribution in [0, 0.1) is 11.8 Å². The van der Waals surface area contributed by atoms with Gasteiger partial charge in [0.05, 0.1) is 18.6 Å². The maximum absolute atomic E-state index is 11.7. The summed E-state index contributed by atoms with van der Waals surface area (Å²) in [6.45, 7) is 7.61. The van der Waals surface area contributed by atoms with E-state index in [1.54, 1.807) is 0 Å². The number of hydrogen-bond donors (Lipinski definition) is 0. The Bertz CT molecular complexity index is 255. The maximum Gasteiger partial charge on any atom is 0.309 e. The van der Waals surface area contributed by atoms with Crippen LogP contribution in [0.1, 0.15) is 46.5 Å². The first-order valence-corrected chi connectivity index (χ1v) is 8.21. The van der Waals surface area contributed by atoms with Crippen LogP contribution in [0.4, 0.5) is 0 Å². The normalized spacial score (nSPS) is 27.7. The lowest BCUT2D eigenvalue weighted by Gasteiger charge is -2.15. The van der Waals surface area contributed by atoms with Crippen molar-refractivity contribution in [3.63, 3.8) is 0 Å². The van der Waals surface area contributed by atoms with Crippen LogP contribution in [0.3, 0.4) is 0 Å². The smallest absolute Gasteiger partial charge is 0.309 e. The summed E-state index contributed by atoms with van der Waals surface area (Å²) in [5, 5.41) is 0. The Kier molecular flexibility index (Phi) is 7.53. The Morgan fingerprint density at radius 1 is 1.39 bits per heavy atom. The molecule has 1 fully saturated rings. The molecule has 1 aliphatic carbocycles. The van der Waals surface area contributed by atoms with E-state index in [0.29, 0.717) is 10.5 Å². The summed E-state index contributed by atoms with van der Waals surface area (Å²) in [6.07, 6.45) is 4.27. The van der Waals surface area contributed by atoms with Crippen molar-refractivity contribution >= 4 is 28.6 Å². The molecule has 0 bridgehead atoms. The summed E-state index contributed by atoms with van der Waals surface area (Å²) in [4.78, 5) is 11.7. The summed E-state index contributed by atoms with van der Waals surface area (Å²) < 4.78 is 11.4. The summed E-state index contributed by atoms with van der Waals surface area (Å²) in [7, 11) is 0. The first kappa shape index (κ1) is 16.2. The summed E-state index contributed by atoms with van der Waals surface area (Å²) in [6, 6.07) is 0. The first-order chi connectivity index (χ1) is 8.54. The predicted octanol–water partition coefficient (Wildman–Crippen LogP) is 3.58. The maximum atomic E-state index is 11.7. The van der Waals surface area contributed by atoms with E-state index >= 15 is 0 Å². The molecular weight excluding hydrogens is 343 g/mol. The number of esters is 1. The molecule has 0 aliphatic heterocycles. The molecule has 18 heavy (non-hydrogen) atoms. The zero-order valence-electron chi connectivity index (χ0n) is 11.7. The average molecular weight is 368 g/mol. The third kappa shape index (κ3) is 5.43. The van der Waals surface area contributed by atoms with E-state index in [9.17, 15) is 4.79 Å². The molecule has 1 rings (SSSR count). The molecule has 0 aromatic carbocycles. The number of carbonyl (C=O) groups excluding carboxylic acids is 1. The molecule has 0 saturated heterocycles. The topological polar surface area (TPSA) is 35.5 Å². The van der Waals surface area contributed by atoms with E-state index < -0.39 is 0 Å². The Balaban J connectivity index is 2.25. The summed E-state index contributed by atoms with van der Waals surface area (Å²) in [5.41, 5.74) is 0. The second-order valence-corrected chi connectivity index (χ2v) is 6.98. The largest absolute Gasteiger partial charge is 0.466 e. The summed E-state index contributed by atoms with van der Waals surface area (Å²) >= 11 is 2.40. The highest BCUT2D eigenvalue weighted by molar-refractivity contribution is 14.1. The van der Waals surface area contributed by atoms with Gasteiger partial charge in [-0.15, -0.1) is 0 Å². The van der Waals surface area contributed by atoms with Gasteiger partial charge >= 0.3 is 5.97 Å². The number of ether oxygens (including phenoxy) is 2. The van der Waals surface area contributed by atoms with Crippen molar-refractivity contribution in [3.8, 4) is 0 Å². The van der Waals surface area contributed by atoms with Crippen LogP contribution in [0.5, 0.6) is 0 Å². The number of halogens is 1. The van der Waals surface area contributed by atoms with Gasteiger partial charge in [-0.1, -0.05) is 36.4 Å². The van der Waals surface area contributed by atoms with Gasteiger partial charge in [0.15, 0.2) is 0 Å². The van der Waals surface area contributed by atoms with Crippen molar-refractivity contribution in [1.29, 1.82) is 0 Å². The molecule has 3 unspecified atom stereocenters. The minimum Gasteiger partial charge on any atom is -0.466 e. The highest BCUT2D eigenvalue weighted by atomic mass is 127. The van der Waals surface area contributed by atoms with Crippen LogP contribution in [0.25, 0.3) is 0 Å². The van der Waals surface area contributed by atoms with Gasteiger partial charge in [0.2, 0.25) is 0 Å². The first-order valence-electron chi connectivity index (χ1n) is 6.96. The molecule has 0 amide bonds. The Morgan fingerprint density at radius 2 is 2.11 bits per heavy atom. The van der Waals surface area contributed by atoms with Gasteiger partial charge in [-0.2, -0.15) is 0 Å². The van der Waals surface area contributed by atoms with E-state index in [0.717, 1.165) is 31.8 Å². The molecule has 0 radical (unpaired) electrons. The van der Waals surface area contributed by atoms with Crippen molar-refractivity contribution < 1.29 is 14.3 Å². The molecule has 1 aliphatic rings. The van der Waals surface area contributed by atoms with E-state index in [-0.39, 0.29) is 18.0 Å². The fraction of sp³-hybridized carbons (Fsp3) is 0.929. The second-order valence-electron chi connectivity index (χ2n) is 5.38. The number of alkyl halides is 1. The predicted molar refractivity (Wildman–Crippen MR) is 81.0 cm³/mol. The lowest BCUT2D eigenvalue weighted by Crippen LogP contribution is -2.19. The van der Waals surface area contributed by atoms with Crippen molar-refractivity contribution in [1.82, 2.24) is 0 Å². The van der Waals surface area contributed by atoms with Gasteiger partial charge in [0.1, 0.15) is 0 Å². The third-order valence-corrected chi connectivity index (χ3v) is 4.62. The Hall–Kier alpha value is 0.160. The van der Waals surface area contributed by atoms with Gasteiger partial charge in [0.25, 0.3) is 0 Å². The second kappa shape index (κ2) is 8.35. The molecule has 4 heteroatoms. The van der Waals surface area contributed by atoms with E-state index in [2.05, 4.69) is 36.4 Å². The Morgan fingerprint density at radius 3 is 2.72 bits per heavy atom.